The molecule has 5 heteroatoms. The van der Waals surface area contributed by atoms with E-state index in [-0.39, 0.29) is 11.4 Å². The number of carbonyl (C=O) groups is 1. The molecule has 17 heavy (non-hydrogen) atoms. The van der Waals surface area contributed by atoms with Gasteiger partial charge in [0.1, 0.15) is 11.3 Å². The van der Waals surface area contributed by atoms with E-state index in [0.717, 1.165) is 5.06 Å². The number of hydrogen-bond acceptors (Lipinski definition) is 3. The molecule has 0 bridgehead atoms. The van der Waals surface area contributed by atoms with Crippen LogP contribution in [0, 0.1) is 5.82 Å². The molecule has 4 nitrogen and oxygen atoms in total. The number of halogens is 1. The maximum atomic E-state index is 13.4. The Morgan fingerprint density at radius 2 is 2.24 bits per heavy atom. The van der Waals surface area contributed by atoms with Gasteiger partial charge in [-0.3, -0.25) is 14.6 Å². The topological polar surface area (TPSA) is 42.4 Å². The summed E-state index contributed by atoms with van der Waals surface area (Å²) in [4.78, 5) is 20.5. The summed E-state index contributed by atoms with van der Waals surface area (Å²) in [5, 5.41) is 1.67. The average molecular weight is 234 g/mol. The van der Waals surface area contributed by atoms with Crippen LogP contribution < -0.4 is 0 Å². The molecule has 1 aromatic carbocycles. The first-order valence-electron chi connectivity index (χ1n) is 5.00. The summed E-state index contributed by atoms with van der Waals surface area (Å²) in [5.74, 6) is -0.729. The lowest BCUT2D eigenvalue weighted by Crippen LogP contribution is -2.25. The van der Waals surface area contributed by atoms with Crippen LogP contribution in [0.2, 0.25) is 0 Å². The maximum Gasteiger partial charge on any atom is 0.278 e. The predicted octanol–water partition coefficient (Wildman–Crippen LogP) is 2.01. The van der Waals surface area contributed by atoms with Crippen molar-refractivity contribution < 1.29 is 14.0 Å². The van der Waals surface area contributed by atoms with E-state index < -0.39 is 5.82 Å². The third-order valence-electron chi connectivity index (χ3n) is 2.47. The Labute approximate surface area is 97.6 Å². The zero-order valence-corrected chi connectivity index (χ0v) is 9.48. The Bertz CT molecular complexity index is 571. The number of nitrogens with zero attached hydrogens (tertiary/aromatic N) is 2. The molecule has 88 valence electrons. The predicted molar refractivity (Wildman–Crippen MR) is 60.8 cm³/mol. The van der Waals surface area contributed by atoms with Gasteiger partial charge in [0.05, 0.1) is 12.7 Å². The normalized spacial score (nSPS) is 10.5. The number of hydroxylamine groups is 2. The molecule has 0 aliphatic carbocycles. The molecule has 0 spiro atoms. The molecule has 1 heterocycles. The largest absolute Gasteiger partial charge is 0.278 e. The lowest BCUT2D eigenvalue weighted by atomic mass is 10.1. The van der Waals surface area contributed by atoms with Gasteiger partial charge in [-0.15, -0.1) is 0 Å². The van der Waals surface area contributed by atoms with Gasteiger partial charge in [0.15, 0.2) is 0 Å². The monoisotopic (exact) mass is 234 g/mol. The van der Waals surface area contributed by atoms with Gasteiger partial charge in [0.2, 0.25) is 0 Å². The van der Waals surface area contributed by atoms with Crippen LogP contribution in [0.15, 0.2) is 30.5 Å². The van der Waals surface area contributed by atoms with Crippen molar-refractivity contribution in [3.63, 3.8) is 0 Å². The molecule has 2 aromatic rings. The Morgan fingerprint density at radius 1 is 1.47 bits per heavy atom. The molecule has 2 rings (SSSR count). The van der Waals surface area contributed by atoms with E-state index >= 15 is 0 Å². The molecule has 0 aliphatic heterocycles. The van der Waals surface area contributed by atoms with Crippen molar-refractivity contribution >= 4 is 16.8 Å². The minimum atomic E-state index is -0.401. The SMILES string of the molecule is CON(C)C(=O)c1cnc2c(F)cccc2c1. The molecule has 1 aromatic heterocycles. The van der Waals surface area contributed by atoms with Crippen molar-refractivity contribution in [1.29, 1.82) is 0 Å². The first-order valence-corrected chi connectivity index (χ1v) is 5.00. The smallest absolute Gasteiger partial charge is 0.274 e. The van der Waals surface area contributed by atoms with Crippen molar-refractivity contribution in [2.45, 2.75) is 0 Å². The fraction of sp³-hybridized carbons (Fsp3) is 0.167. The molecule has 0 saturated carbocycles. The third-order valence-corrected chi connectivity index (χ3v) is 2.47. The van der Waals surface area contributed by atoms with Gasteiger partial charge in [0, 0.05) is 18.6 Å². The standard InChI is InChI=1S/C12H11FN2O2/c1-15(17-2)12(16)9-6-8-4-3-5-10(13)11(8)14-7-9/h3-7H,1-2H3. The highest BCUT2D eigenvalue weighted by Gasteiger charge is 2.13. The molecule has 1 amide bonds. The Hall–Kier alpha value is -2.01. The molecule has 0 aliphatic rings. The number of para-hydroxylation sites is 1. The van der Waals surface area contributed by atoms with Crippen LogP contribution in [-0.4, -0.2) is 30.1 Å². The molecule has 0 atom stereocenters. The van der Waals surface area contributed by atoms with E-state index in [1.165, 1.54) is 26.4 Å². The highest BCUT2D eigenvalue weighted by Crippen LogP contribution is 2.17. The summed E-state index contributed by atoms with van der Waals surface area (Å²) in [6, 6.07) is 6.20. The van der Waals surface area contributed by atoms with Crippen molar-refractivity contribution in [3.8, 4) is 0 Å². The second-order valence-electron chi connectivity index (χ2n) is 3.52. The molecule has 0 saturated heterocycles. The van der Waals surface area contributed by atoms with Crippen molar-refractivity contribution in [3.05, 3.63) is 41.8 Å². The second-order valence-corrected chi connectivity index (χ2v) is 3.52. The fourth-order valence-electron chi connectivity index (χ4n) is 1.51. The van der Waals surface area contributed by atoms with Gasteiger partial charge >= 0.3 is 0 Å². The number of fused-ring (bicyclic) bond motifs is 1. The minimum Gasteiger partial charge on any atom is -0.274 e. The highest BCUT2D eigenvalue weighted by molar-refractivity contribution is 5.96. The van der Waals surface area contributed by atoms with E-state index in [1.807, 2.05) is 0 Å². The number of carbonyl (C=O) groups excluding carboxylic acids is 1. The lowest BCUT2D eigenvalue weighted by Gasteiger charge is -2.13. The number of pyridine rings is 1. The summed E-state index contributed by atoms with van der Waals surface area (Å²) in [6.07, 6.45) is 1.34. The van der Waals surface area contributed by atoms with E-state index in [0.29, 0.717) is 10.9 Å². The van der Waals surface area contributed by atoms with Crippen LogP contribution in [0.25, 0.3) is 10.9 Å². The number of amides is 1. The van der Waals surface area contributed by atoms with E-state index in [2.05, 4.69) is 4.98 Å². The summed E-state index contributed by atoms with van der Waals surface area (Å²) in [7, 11) is 2.89. The van der Waals surface area contributed by atoms with Crippen molar-refractivity contribution in [2.24, 2.45) is 0 Å². The Kier molecular flexibility index (Phi) is 3.01. The van der Waals surface area contributed by atoms with Gasteiger partial charge in [-0.25, -0.2) is 9.45 Å². The zero-order valence-electron chi connectivity index (χ0n) is 9.48. The van der Waals surface area contributed by atoms with Crippen LogP contribution in [0.1, 0.15) is 10.4 Å². The molecule has 0 N–H and O–H groups in total. The van der Waals surface area contributed by atoms with Crippen LogP contribution in [0.4, 0.5) is 4.39 Å². The first kappa shape index (κ1) is 11.5. The van der Waals surface area contributed by atoms with Crippen LogP contribution >= 0.6 is 0 Å². The van der Waals surface area contributed by atoms with Gasteiger partial charge < -0.3 is 0 Å². The van der Waals surface area contributed by atoms with Crippen LogP contribution in [-0.2, 0) is 4.84 Å². The number of rotatable bonds is 2. The maximum absolute atomic E-state index is 13.4. The Morgan fingerprint density at radius 3 is 2.94 bits per heavy atom. The third kappa shape index (κ3) is 2.09. The summed E-state index contributed by atoms with van der Waals surface area (Å²) < 4.78 is 13.4. The quantitative estimate of drug-likeness (QED) is 0.746. The highest BCUT2D eigenvalue weighted by atomic mass is 19.1. The zero-order chi connectivity index (χ0) is 12.4. The van der Waals surface area contributed by atoms with Gasteiger partial charge in [-0.05, 0) is 12.1 Å². The van der Waals surface area contributed by atoms with Gasteiger partial charge in [0.25, 0.3) is 5.91 Å². The van der Waals surface area contributed by atoms with Crippen LogP contribution in [0.3, 0.4) is 0 Å². The van der Waals surface area contributed by atoms with E-state index in [9.17, 15) is 9.18 Å². The van der Waals surface area contributed by atoms with E-state index in [1.54, 1.807) is 18.2 Å². The summed E-state index contributed by atoms with van der Waals surface area (Å²) >= 11 is 0. The molecular weight excluding hydrogens is 223 g/mol. The second kappa shape index (κ2) is 4.47. The van der Waals surface area contributed by atoms with Crippen molar-refractivity contribution in [1.82, 2.24) is 10.0 Å². The molecule has 0 radical (unpaired) electrons. The summed E-state index contributed by atoms with van der Waals surface area (Å²) in [6.45, 7) is 0. The van der Waals surface area contributed by atoms with Crippen molar-refractivity contribution in [2.75, 3.05) is 14.2 Å². The molecule has 0 unspecified atom stereocenters. The lowest BCUT2D eigenvalue weighted by molar-refractivity contribution is -0.0757. The fourth-order valence-corrected chi connectivity index (χ4v) is 1.51. The first-order chi connectivity index (χ1) is 8.13. The minimum absolute atomic E-state index is 0.254. The van der Waals surface area contributed by atoms with Gasteiger partial charge in [-0.2, -0.15) is 0 Å². The van der Waals surface area contributed by atoms with Crippen LogP contribution in [0.5, 0.6) is 0 Å². The van der Waals surface area contributed by atoms with E-state index in [4.69, 9.17) is 4.84 Å². The Balaban J connectivity index is 2.49. The average Bonchev–Trinajstić information content (AvgIpc) is 2.37. The number of benzene rings is 1. The summed E-state index contributed by atoms with van der Waals surface area (Å²) in [5.41, 5.74) is 0.608. The number of hydrogen-bond donors (Lipinski definition) is 0. The molecule has 0 fully saturated rings. The number of aromatic nitrogens is 1. The molecular formula is C12H11FN2O2. The van der Waals surface area contributed by atoms with Gasteiger partial charge in [-0.1, -0.05) is 12.1 Å².